The first kappa shape index (κ1) is 38.1. The van der Waals surface area contributed by atoms with Gasteiger partial charge in [0.25, 0.3) is 0 Å². The summed E-state index contributed by atoms with van der Waals surface area (Å²) in [5, 5.41) is 8.54. The van der Waals surface area contributed by atoms with Crippen LogP contribution in [0.25, 0.3) is 33.0 Å². The van der Waals surface area contributed by atoms with E-state index in [4.69, 9.17) is 0 Å². The second kappa shape index (κ2) is 13.1. The zero-order chi connectivity index (χ0) is 43.3. The Balaban J connectivity index is 1.16. The maximum absolute atomic E-state index is 2.69. The lowest BCUT2D eigenvalue weighted by molar-refractivity contribution is 0.580. The van der Waals surface area contributed by atoms with Crippen LogP contribution in [0.1, 0.15) is 74.9 Å². The highest BCUT2D eigenvalue weighted by molar-refractivity contribution is 7.99. The molecule has 0 bridgehead atoms. The Bertz CT molecular complexity index is 3340. The molecule has 0 atom stereocenters. The molecule has 0 amide bonds. The van der Waals surface area contributed by atoms with Gasteiger partial charge in [-0.05, 0) is 129 Å². The molecule has 0 saturated heterocycles. The van der Waals surface area contributed by atoms with Gasteiger partial charge < -0.3 is 4.90 Å². The van der Waals surface area contributed by atoms with E-state index in [1.54, 1.807) is 0 Å². The number of hydrogen-bond acceptors (Lipinski definition) is 2. The average Bonchev–Trinajstić information content (AvgIpc) is 3.77. The predicted octanol–water partition coefficient (Wildman–Crippen LogP) is 13.4. The first-order chi connectivity index (χ1) is 31.0. The Kier molecular flexibility index (Phi) is 7.80. The summed E-state index contributed by atoms with van der Waals surface area (Å²) < 4.78 is 0. The normalized spacial score (nSPS) is 15.5. The van der Waals surface area contributed by atoms with Gasteiger partial charge in [-0.15, -0.1) is 0 Å². The Labute approximate surface area is 382 Å². The van der Waals surface area contributed by atoms with E-state index in [0.717, 1.165) is 0 Å². The smallest absolute Gasteiger partial charge is 0.182 e. The van der Waals surface area contributed by atoms with Crippen molar-refractivity contribution in [2.75, 3.05) is 4.90 Å². The third-order valence-corrected chi connectivity index (χ3v) is 21.1. The largest absolute Gasteiger partial charge is 0.310 e. The second-order valence-corrected chi connectivity index (χ2v) is 25.2. The molecule has 3 heteroatoms. The quantitative estimate of drug-likeness (QED) is 0.151. The molecule has 4 heterocycles. The van der Waals surface area contributed by atoms with E-state index in [1.165, 1.54) is 114 Å². The summed E-state index contributed by atoms with van der Waals surface area (Å²) in [4.78, 5) is 5.28. The Hall–Kier alpha value is -6.39. The maximum Gasteiger partial charge on any atom is 0.182 e. The van der Waals surface area contributed by atoms with Crippen LogP contribution in [-0.4, -0.2) is 8.07 Å². The van der Waals surface area contributed by atoms with Gasteiger partial charge in [0, 0.05) is 21.0 Å². The SMILES string of the molecule is CC(C)(C)c1ccc2c(c1)C1(c3cc(C(C)(C)C)ccc3S2)c2ccccc2N(c2ccc3c(c2)[Si]2(c4ccccc4-c4ccccc42)c2ccccc2-3)c2ccc3ccccc3c21. The van der Waals surface area contributed by atoms with Gasteiger partial charge in [-0.1, -0.05) is 205 Å². The Morgan fingerprint density at radius 3 is 1.53 bits per heavy atom. The van der Waals surface area contributed by atoms with Crippen molar-refractivity contribution in [3.63, 3.8) is 0 Å². The highest BCUT2D eigenvalue weighted by atomic mass is 32.2. The number of fused-ring (bicyclic) bond motifs is 20. The zero-order valence-electron chi connectivity index (χ0n) is 37.3. The summed E-state index contributed by atoms with van der Waals surface area (Å²) in [6.45, 7) is 14.1. The molecule has 0 fully saturated rings. The van der Waals surface area contributed by atoms with E-state index in [1.807, 2.05) is 11.8 Å². The monoisotopic (exact) mass is 855 g/mol. The summed E-state index contributed by atoms with van der Waals surface area (Å²) in [6.07, 6.45) is 0. The summed E-state index contributed by atoms with van der Waals surface area (Å²) in [7, 11) is -2.69. The third-order valence-electron chi connectivity index (χ3n) is 15.0. The van der Waals surface area contributed by atoms with Gasteiger partial charge in [0.05, 0.1) is 16.8 Å². The van der Waals surface area contributed by atoms with Crippen molar-refractivity contribution in [1.82, 2.24) is 0 Å². The van der Waals surface area contributed by atoms with Gasteiger partial charge >= 0.3 is 0 Å². The van der Waals surface area contributed by atoms with Crippen molar-refractivity contribution in [2.45, 2.75) is 67.6 Å². The molecule has 0 unspecified atom stereocenters. The van der Waals surface area contributed by atoms with Crippen LogP contribution in [0.15, 0.2) is 198 Å². The minimum absolute atomic E-state index is 0.0322. The number of rotatable bonds is 1. The summed E-state index contributed by atoms with van der Waals surface area (Å²) in [6, 6.07) is 73.4. The molecule has 13 rings (SSSR count). The Morgan fingerprint density at radius 1 is 0.422 bits per heavy atom. The summed E-state index contributed by atoms with van der Waals surface area (Å²) >= 11 is 1.94. The van der Waals surface area contributed by atoms with Crippen LogP contribution in [0.3, 0.4) is 0 Å². The van der Waals surface area contributed by atoms with Crippen LogP contribution in [-0.2, 0) is 16.2 Å². The molecule has 308 valence electrons. The lowest BCUT2D eigenvalue weighted by Gasteiger charge is -2.50. The van der Waals surface area contributed by atoms with Crippen molar-refractivity contribution in [2.24, 2.45) is 0 Å². The molecule has 4 aliphatic rings. The van der Waals surface area contributed by atoms with Crippen LogP contribution in [0, 0.1) is 0 Å². The number of hydrogen-bond donors (Lipinski definition) is 0. The highest BCUT2D eigenvalue weighted by Crippen LogP contribution is 2.64. The lowest BCUT2D eigenvalue weighted by atomic mass is 9.60. The van der Waals surface area contributed by atoms with Crippen LogP contribution in [0.5, 0.6) is 0 Å². The van der Waals surface area contributed by atoms with Crippen molar-refractivity contribution in [3.8, 4) is 22.3 Å². The fraction of sp³-hybridized carbons (Fsp3) is 0.148. The average molecular weight is 856 g/mol. The van der Waals surface area contributed by atoms with Crippen LogP contribution >= 0.6 is 11.8 Å². The number of anilines is 3. The van der Waals surface area contributed by atoms with E-state index in [0.29, 0.717) is 0 Å². The first-order valence-electron chi connectivity index (χ1n) is 22.8. The van der Waals surface area contributed by atoms with Crippen molar-refractivity contribution >= 4 is 68.4 Å². The number of benzene rings is 9. The first-order valence-corrected chi connectivity index (χ1v) is 25.7. The molecular weight excluding hydrogens is 807 g/mol. The third kappa shape index (κ3) is 4.87. The fourth-order valence-corrected chi connectivity index (χ4v) is 19.0. The van der Waals surface area contributed by atoms with Crippen molar-refractivity contribution in [3.05, 3.63) is 221 Å². The van der Waals surface area contributed by atoms with E-state index in [-0.39, 0.29) is 10.8 Å². The lowest BCUT2D eigenvalue weighted by Crippen LogP contribution is -2.70. The highest BCUT2D eigenvalue weighted by Gasteiger charge is 2.55. The fourth-order valence-electron chi connectivity index (χ4n) is 12.2. The van der Waals surface area contributed by atoms with Gasteiger partial charge in [-0.2, -0.15) is 0 Å². The van der Waals surface area contributed by atoms with Gasteiger partial charge in [0.15, 0.2) is 8.07 Å². The molecule has 2 spiro atoms. The predicted molar refractivity (Wildman–Crippen MR) is 274 cm³/mol. The number of nitrogens with zero attached hydrogens (tertiary/aromatic N) is 1. The maximum atomic E-state index is 2.63. The summed E-state index contributed by atoms with van der Waals surface area (Å²) in [5.74, 6) is 0. The van der Waals surface area contributed by atoms with Crippen molar-refractivity contribution < 1.29 is 0 Å². The number of para-hydroxylation sites is 1. The minimum Gasteiger partial charge on any atom is -0.310 e. The molecule has 1 nitrogen and oxygen atoms in total. The second-order valence-electron chi connectivity index (χ2n) is 20.4. The molecule has 4 aliphatic heterocycles. The molecular formula is C61H49NSSi. The van der Waals surface area contributed by atoms with Crippen LogP contribution in [0.4, 0.5) is 17.1 Å². The molecule has 9 aromatic rings. The standard InChI is InChI=1S/C61H49NSSi/c1-59(2,3)39-28-33-52-48(35-39)61(49-36-40(60(4,5)6)29-34-53(49)63-52)47-22-12-13-23-50(47)62(51-32-27-38-17-7-8-18-42(38)58(51)61)41-30-31-46-45-21-11-16-26-56(45)64(57(46)37-41)54-24-14-9-19-43(54)44-20-10-15-25-55(44)64/h7-37H,1-6H3. The van der Waals surface area contributed by atoms with E-state index < -0.39 is 13.5 Å². The van der Waals surface area contributed by atoms with E-state index in [2.05, 4.69) is 234 Å². The molecule has 0 radical (unpaired) electrons. The Morgan fingerprint density at radius 2 is 0.938 bits per heavy atom. The van der Waals surface area contributed by atoms with Crippen LogP contribution in [0.2, 0.25) is 0 Å². The van der Waals surface area contributed by atoms with Gasteiger partial charge in [0.1, 0.15) is 0 Å². The van der Waals surface area contributed by atoms with Gasteiger partial charge in [0.2, 0.25) is 0 Å². The zero-order valence-corrected chi connectivity index (χ0v) is 39.1. The topological polar surface area (TPSA) is 3.24 Å². The van der Waals surface area contributed by atoms with E-state index in [9.17, 15) is 0 Å². The van der Waals surface area contributed by atoms with Crippen LogP contribution < -0.4 is 25.6 Å². The minimum atomic E-state index is -2.69. The van der Waals surface area contributed by atoms with Gasteiger partial charge in [-0.25, -0.2) is 0 Å². The summed E-state index contributed by atoms with van der Waals surface area (Å²) in [5.41, 5.74) is 16.7. The molecule has 9 aromatic carbocycles. The molecule has 0 aromatic heterocycles. The molecule has 0 saturated carbocycles. The van der Waals surface area contributed by atoms with E-state index >= 15 is 0 Å². The molecule has 0 aliphatic carbocycles. The molecule has 0 N–H and O–H groups in total. The molecule has 64 heavy (non-hydrogen) atoms. The van der Waals surface area contributed by atoms with Crippen molar-refractivity contribution in [1.29, 1.82) is 0 Å². The van der Waals surface area contributed by atoms with Gasteiger partial charge in [-0.3, -0.25) is 0 Å².